The Morgan fingerprint density at radius 1 is 1.38 bits per heavy atom. The molecule has 1 N–H and O–H groups in total. The van der Waals surface area contributed by atoms with Crippen molar-refractivity contribution < 1.29 is 19.1 Å². The number of carbonyl (C=O) groups excluding carboxylic acids is 2. The van der Waals surface area contributed by atoms with Crippen LogP contribution in [0.5, 0.6) is 0 Å². The molecule has 26 heavy (non-hydrogen) atoms. The molecule has 7 nitrogen and oxygen atoms in total. The molecule has 0 aromatic carbocycles. The van der Waals surface area contributed by atoms with Crippen molar-refractivity contribution in [1.29, 1.82) is 0 Å². The van der Waals surface area contributed by atoms with E-state index in [9.17, 15) is 14.7 Å². The van der Waals surface area contributed by atoms with Gasteiger partial charge < -0.3 is 9.52 Å². The van der Waals surface area contributed by atoms with Crippen LogP contribution in [0.4, 0.5) is 5.13 Å². The Labute approximate surface area is 163 Å². The van der Waals surface area contributed by atoms with Crippen molar-refractivity contribution >= 4 is 55.4 Å². The second-order valence-corrected chi connectivity index (χ2v) is 8.14. The molecule has 0 radical (unpaired) electrons. The van der Waals surface area contributed by atoms with E-state index in [1.54, 1.807) is 19.1 Å². The molecular weight excluding hydrogens is 442 g/mol. The van der Waals surface area contributed by atoms with Crippen LogP contribution in [0.3, 0.4) is 0 Å². The summed E-state index contributed by atoms with van der Waals surface area (Å²) in [5.74, 6) is -1.20. The van der Waals surface area contributed by atoms with E-state index in [1.807, 2.05) is 5.38 Å². The number of ketones is 1. The first-order valence-electron chi connectivity index (χ1n) is 7.35. The van der Waals surface area contributed by atoms with Crippen LogP contribution in [0.1, 0.15) is 27.2 Å². The average Bonchev–Trinajstić information content (AvgIpc) is 3.37. The van der Waals surface area contributed by atoms with Crippen molar-refractivity contribution in [1.82, 2.24) is 10.2 Å². The second-order valence-electron chi connectivity index (χ2n) is 5.47. The van der Waals surface area contributed by atoms with Crippen molar-refractivity contribution in [2.24, 2.45) is 0 Å². The number of aliphatic hydroxyl groups is 1. The molecule has 3 aromatic rings. The van der Waals surface area contributed by atoms with Crippen LogP contribution in [0.25, 0.3) is 0 Å². The minimum atomic E-state index is -0.801. The topological polar surface area (TPSA) is 96.5 Å². The van der Waals surface area contributed by atoms with E-state index in [2.05, 4.69) is 26.1 Å². The maximum Gasteiger partial charge on any atom is 0.296 e. The van der Waals surface area contributed by atoms with Crippen LogP contribution in [0.15, 0.2) is 49.3 Å². The number of hydrogen-bond donors (Lipinski definition) is 1. The van der Waals surface area contributed by atoms with Gasteiger partial charge in [0.2, 0.25) is 10.9 Å². The van der Waals surface area contributed by atoms with Crippen LogP contribution < -0.4 is 4.90 Å². The summed E-state index contributed by atoms with van der Waals surface area (Å²) in [4.78, 5) is 27.7. The first-order chi connectivity index (χ1) is 12.5. The fraction of sp³-hybridized carbons (Fsp3) is 0.125. The summed E-state index contributed by atoms with van der Waals surface area (Å²) in [5.41, 5.74) is 1.45. The van der Waals surface area contributed by atoms with Crippen LogP contribution in [0.2, 0.25) is 0 Å². The molecule has 4 heterocycles. The lowest BCUT2D eigenvalue weighted by molar-refractivity contribution is -0.117. The molecule has 10 heteroatoms. The van der Waals surface area contributed by atoms with Crippen molar-refractivity contribution in [3.8, 4) is 0 Å². The number of halogens is 1. The fourth-order valence-electron chi connectivity index (χ4n) is 2.74. The molecule has 1 aliphatic rings. The minimum Gasteiger partial charge on any atom is -0.503 e. The predicted octanol–water partition coefficient (Wildman–Crippen LogP) is 4.05. The molecule has 1 amide bonds. The van der Waals surface area contributed by atoms with Crippen LogP contribution in [-0.4, -0.2) is 27.0 Å². The number of amides is 1. The number of rotatable bonds is 4. The number of carbonyl (C=O) groups is 2. The summed E-state index contributed by atoms with van der Waals surface area (Å²) < 4.78 is 6.21. The maximum atomic E-state index is 13.0. The third-order valence-corrected chi connectivity index (χ3v) is 6.26. The van der Waals surface area contributed by atoms with Gasteiger partial charge in [0.15, 0.2) is 11.5 Å². The number of nitrogens with zero attached hydrogens (tertiary/aromatic N) is 3. The van der Waals surface area contributed by atoms with Gasteiger partial charge in [0.05, 0.1) is 5.57 Å². The third kappa shape index (κ3) is 2.70. The molecule has 0 saturated carbocycles. The molecule has 0 bridgehead atoms. The van der Waals surface area contributed by atoms with Gasteiger partial charge >= 0.3 is 0 Å². The van der Waals surface area contributed by atoms with Crippen LogP contribution >= 0.6 is 38.6 Å². The first-order valence-corrected chi connectivity index (χ1v) is 9.90. The summed E-state index contributed by atoms with van der Waals surface area (Å²) in [6.07, 6.45) is 0. The monoisotopic (exact) mass is 451 g/mol. The van der Waals surface area contributed by atoms with Gasteiger partial charge in [0, 0.05) is 14.7 Å². The molecule has 0 fully saturated rings. The highest BCUT2D eigenvalue weighted by molar-refractivity contribution is 9.10. The molecule has 3 aromatic heterocycles. The van der Waals surface area contributed by atoms with Crippen molar-refractivity contribution in [2.75, 3.05) is 4.90 Å². The Bertz CT molecular complexity index is 1040. The van der Waals surface area contributed by atoms with Crippen LogP contribution in [-0.2, 0) is 4.79 Å². The zero-order valence-corrected chi connectivity index (χ0v) is 16.4. The summed E-state index contributed by atoms with van der Waals surface area (Å²) in [6, 6.07) is 4.18. The molecule has 1 unspecified atom stereocenters. The molecule has 0 saturated heterocycles. The van der Waals surface area contributed by atoms with Gasteiger partial charge in [0.1, 0.15) is 17.3 Å². The molecular formula is C16H10BrN3O4S2. The Morgan fingerprint density at radius 2 is 2.19 bits per heavy atom. The predicted molar refractivity (Wildman–Crippen MR) is 99.6 cm³/mol. The average molecular weight is 452 g/mol. The van der Waals surface area contributed by atoms with Crippen molar-refractivity contribution in [3.05, 3.63) is 61.3 Å². The Balaban J connectivity index is 1.86. The SMILES string of the molecule is Cc1ccc(C(=O)C2=C(O)C(=O)N(c3nncs3)C2c2cc(Br)cs2)o1. The van der Waals surface area contributed by atoms with E-state index < -0.39 is 23.5 Å². The van der Waals surface area contributed by atoms with Gasteiger partial charge in [-0.25, -0.2) is 0 Å². The first kappa shape index (κ1) is 17.1. The van der Waals surface area contributed by atoms with E-state index in [-0.39, 0.29) is 11.3 Å². The minimum absolute atomic E-state index is 0.0334. The van der Waals surface area contributed by atoms with Gasteiger partial charge in [-0.1, -0.05) is 11.3 Å². The van der Waals surface area contributed by atoms with Gasteiger partial charge in [-0.05, 0) is 41.1 Å². The van der Waals surface area contributed by atoms with Crippen molar-refractivity contribution in [3.63, 3.8) is 0 Å². The quantitative estimate of drug-likeness (QED) is 0.600. The molecule has 132 valence electrons. The number of Topliss-reactive ketones (excluding diaryl/α,β-unsaturated/α-hetero) is 1. The lowest BCUT2D eigenvalue weighted by atomic mass is 10.0. The highest BCUT2D eigenvalue weighted by Crippen LogP contribution is 2.44. The lowest BCUT2D eigenvalue weighted by Crippen LogP contribution is -2.30. The fourth-order valence-corrected chi connectivity index (χ4v) is 4.86. The lowest BCUT2D eigenvalue weighted by Gasteiger charge is -2.22. The third-order valence-electron chi connectivity index (χ3n) is 3.83. The van der Waals surface area contributed by atoms with E-state index in [1.165, 1.54) is 27.8 Å². The number of thiophene rings is 1. The summed E-state index contributed by atoms with van der Waals surface area (Å²) in [7, 11) is 0. The second kappa shape index (κ2) is 6.45. The molecule has 0 aliphatic carbocycles. The normalized spacial score (nSPS) is 17.4. The van der Waals surface area contributed by atoms with E-state index in [4.69, 9.17) is 4.42 Å². The summed E-state index contributed by atoms with van der Waals surface area (Å²) in [6.45, 7) is 1.71. The van der Waals surface area contributed by atoms with E-state index >= 15 is 0 Å². The standard InChI is InChI=1S/C16H10BrN3O4S2/c1-7-2-3-9(24-7)13(21)11-12(10-4-8(17)5-25-10)20(15(23)14(11)22)16-19-18-6-26-16/h2-6,12,22H,1H3. The number of hydrogen-bond acceptors (Lipinski definition) is 8. The number of furan rings is 1. The smallest absolute Gasteiger partial charge is 0.296 e. The summed E-state index contributed by atoms with van der Waals surface area (Å²) in [5, 5.41) is 20.3. The van der Waals surface area contributed by atoms with Gasteiger partial charge in [-0.2, -0.15) is 0 Å². The zero-order valence-electron chi connectivity index (χ0n) is 13.2. The highest BCUT2D eigenvalue weighted by Gasteiger charge is 2.47. The zero-order chi connectivity index (χ0) is 18.4. The van der Waals surface area contributed by atoms with E-state index in [0.29, 0.717) is 15.8 Å². The number of aromatic nitrogens is 2. The largest absolute Gasteiger partial charge is 0.503 e. The summed E-state index contributed by atoms with van der Waals surface area (Å²) >= 11 is 5.89. The molecule has 1 aliphatic heterocycles. The Kier molecular flexibility index (Phi) is 4.25. The number of anilines is 1. The Hall–Kier alpha value is -2.30. The number of aliphatic hydroxyl groups excluding tert-OH is 1. The molecule has 0 spiro atoms. The van der Waals surface area contributed by atoms with E-state index in [0.717, 1.165) is 15.8 Å². The van der Waals surface area contributed by atoms with Crippen LogP contribution in [0, 0.1) is 6.92 Å². The van der Waals surface area contributed by atoms with Gasteiger partial charge in [0.25, 0.3) is 5.91 Å². The van der Waals surface area contributed by atoms with Crippen molar-refractivity contribution in [2.45, 2.75) is 13.0 Å². The van der Waals surface area contributed by atoms with Gasteiger partial charge in [-0.3, -0.25) is 14.5 Å². The molecule has 4 rings (SSSR count). The Morgan fingerprint density at radius 3 is 2.77 bits per heavy atom. The maximum absolute atomic E-state index is 13.0. The highest BCUT2D eigenvalue weighted by atomic mass is 79.9. The number of aryl methyl sites for hydroxylation is 1. The molecule has 1 atom stereocenters. The van der Waals surface area contributed by atoms with Gasteiger partial charge in [-0.15, -0.1) is 21.5 Å².